The van der Waals surface area contributed by atoms with E-state index in [1.165, 1.54) is 0 Å². The fourth-order valence-corrected chi connectivity index (χ4v) is 2.89. The van der Waals surface area contributed by atoms with Gasteiger partial charge in [0.1, 0.15) is 0 Å². The molecule has 8 heteroatoms. The molecule has 114 valence electrons. The zero-order valence-corrected chi connectivity index (χ0v) is 11.8. The first-order valence-electron chi connectivity index (χ1n) is 5.93. The lowest BCUT2D eigenvalue weighted by atomic mass is 10.1. The van der Waals surface area contributed by atoms with Crippen LogP contribution in [0.1, 0.15) is 17.5 Å². The number of rotatable bonds is 6. The summed E-state index contributed by atoms with van der Waals surface area (Å²) >= 11 is 0. The molecule has 4 nitrogen and oxygen atoms in total. The van der Waals surface area contributed by atoms with E-state index in [-0.39, 0.29) is 12.3 Å². The van der Waals surface area contributed by atoms with Gasteiger partial charge in [-0.05, 0) is 11.1 Å². The van der Waals surface area contributed by atoms with E-state index in [1.54, 1.807) is 24.3 Å². The average molecular weight is 310 g/mol. The van der Waals surface area contributed by atoms with Crippen molar-refractivity contribution in [3.63, 3.8) is 0 Å². The molecule has 1 aromatic carbocycles. The normalized spacial score (nSPS) is 12.9. The van der Waals surface area contributed by atoms with E-state index in [0.717, 1.165) is 11.4 Å². The van der Waals surface area contributed by atoms with E-state index < -0.39 is 29.2 Å². The van der Waals surface area contributed by atoms with Crippen LogP contribution in [-0.2, 0) is 22.3 Å². The van der Waals surface area contributed by atoms with Gasteiger partial charge in [0.05, 0.1) is 12.2 Å². The van der Waals surface area contributed by atoms with Gasteiger partial charge in [0, 0.05) is 20.1 Å². The highest BCUT2D eigenvalue weighted by Crippen LogP contribution is 2.21. The lowest BCUT2D eigenvalue weighted by Crippen LogP contribution is -2.31. The molecule has 0 aliphatic heterocycles. The van der Waals surface area contributed by atoms with Crippen LogP contribution in [0.25, 0.3) is 0 Å². The van der Waals surface area contributed by atoms with E-state index in [9.17, 15) is 21.6 Å². The summed E-state index contributed by atoms with van der Waals surface area (Å²) in [5.74, 6) is -0.352. The van der Waals surface area contributed by atoms with Gasteiger partial charge in [-0.3, -0.25) is 0 Å². The van der Waals surface area contributed by atoms with Gasteiger partial charge >= 0.3 is 6.18 Å². The Labute approximate surface area is 116 Å². The van der Waals surface area contributed by atoms with Crippen molar-refractivity contribution in [2.24, 2.45) is 5.73 Å². The van der Waals surface area contributed by atoms with Crippen molar-refractivity contribution in [3.8, 4) is 0 Å². The third-order valence-electron chi connectivity index (χ3n) is 2.86. The summed E-state index contributed by atoms with van der Waals surface area (Å²) in [6, 6.07) is 6.70. The Kier molecular flexibility index (Phi) is 5.55. The van der Waals surface area contributed by atoms with Gasteiger partial charge in [-0.2, -0.15) is 13.2 Å². The largest absolute Gasteiger partial charge is 0.390 e. The first kappa shape index (κ1) is 16.9. The quantitative estimate of drug-likeness (QED) is 0.872. The molecule has 0 aliphatic rings. The van der Waals surface area contributed by atoms with E-state index in [0.29, 0.717) is 11.1 Å². The van der Waals surface area contributed by atoms with E-state index in [1.807, 2.05) is 0 Å². The second kappa shape index (κ2) is 6.55. The van der Waals surface area contributed by atoms with Crippen LogP contribution in [0.4, 0.5) is 13.2 Å². The van der Waals surface area contributed by atoms with Crippen LogP contribution in [0.15, 0.2) is 24.3 Å². The number of sulfonamides is 1. The molecular formula is C12H17F3N2O2S. The van der Waals surface area contributed by atoms with Crippen molar-refractivity contribution in [1.82, 2.24) is 4.31 Å². The Morgan fingerprint density at radius 1 is 1.20 bits per heavy atom. The first-order valence-corrected chi connectivity index (χ1v) is 7.54. The van der Waals surface area contributed by atoms with Crippen LogP contribution >= 0.6 is 0 Å². The minimum Gasteiger partial charge on any atom is -0.326 e. The Morgan fingerprint density at radius 2 is 1.75 bits per heavy atom. The number of hydrogen-bond acceptors (Lipinski definition) is 3. The molecule has 0 aliphatic carbocycles. The zero-order chi connectivity index (χ0) is 15.4. The van der Waals surface area contributed by atoms with Crippen LogP contribution in [0.5, 0.6) is 0 Å². The Balaban J connectivity index is 2.79. The molecule has 0 saturated heterocycles. The molecular weight excluding hydrogens is 293 g/mol. The molecule has 0 radical (unpaired) electrons. The summed E-state index contributed by atoms with van der Waals surface area (Å²) in [6.07, 6.45) is -5.54. The number of nitrogens with zero attached hydrogens (tertiary/aromatic N) is 1. The monoisotopic (exact) mass is 310 g/mol. The molecule has 0 fully saturated rings. The molecule has 1 aromatic rings. The van der Waals surface area contributed by atoms with Crippen molar-refractivity contribution >= 4 is 10.0 Å². The van der Waals surface area contributed by atoms with E-state index in [2.05, 4.69) is 0 Å². The summed E-state index contributed by atoms with van der Waals surface area (Å²) in [4.78, 5) is 0. The number of benzene rings is 1. The second-order valence-electron chi connectivity index (χ2n) is 4.42. The number of nitrogens with two attached hydrogens (primary N) is 1. The van der Waals surface area contributed by atoms with Crippen LogP contribution in [-0.4, -0.2) is 32.5 Å². The molecule has 1 rings (SSSR count). The van der Waals surface area contributed by atoms with E-state index in [4.69, 9.17) is 5.73 Å². The highest BCUT2D eigenvalue weighted by molar-refractivity contribution is 7.88. The Morgan fingerprint density at radius 3 is 2.25 bits per heavy atom. The van der Waals surface area contributed by atoms with Crippen LogP contribution in [0, 0.1) is 0 Å². The molecule has 0 saturated carbocycles. The molecule has 0 atom stereocenters. The predicted octanol–water partition coefficient (Wildman–Crippen LogP) is 1.86. The zero-order valence-electron chi connectivity index (χ0n) is 11.0. The Hall–Kier alpha value is -1.12. The van der Waals surface area contributed by atoms with Crippen molar-refractivity contribution in [1.29, 1.82) is 0 Å². The SMILES string of the molecule is CN(CCC(F)(F)F)S(=O)(=O)Cc1ccccc1CN. The molecule has 0 spiro atoms. The fourth-order valence-electron chi connectivity index (χ4n) is 1.63. The maximum absolute atomic E-state index is 12.1. The van der Waals surface area contributed by atoms with Gasteiger partial charge in [-0.15, -0.1) is 0 Å². The third-order valence-corrected chi connectivity index (χ3v) is 4.67. The molecule has 0 aromatic heterocycles. The van der Waals surface area contributed by atoms with Crippen LogP contribution < -0.4 is 5.73 Å². The average Bonchev–Trinajstić information content (AvgIpc) is 2.35. The number of halogens is 3. The summed E-state index contributed by atoms with van der Waals surface area (Å²) < 4.78 is 61.1. The van der Waals surface area contributed by atoms with Crippen molar-refractivity contribution in [3.05, 3.63) is 35.4 Å². The first-order chi connectivity index (χ1) is 9.15. The molecule has 0 unspecified atom stereocenters. The number of hydrogen-bond donors (Lipinski definition) is 1. The maximum Gasteiger partial charge on any atom is 0.390 e. The highest BCUT2D eigenvalue weighted by atomic mass is 32.2. The molecule has 2 N–H and O–H groups in total. The van der Waals surface area contributed by atoms with Gasteiger partial charge in [0.25, 0.3) is 0 Å². The van der Waals surface area contributed by atoms with Crippen molar-refractivity contribution in [2.45, 2.75) is 24.9 Å². The van der Waals surface area contributed by atoms with Gasteiger partial charge in [0.2, 0.25) is 10.0 Å². The minimum atomic E-state index is -4.38. The molecule has 0 amide bonds. The summed E-state index contributed by atoms with van der Waals surface area (Å²) in [5, 5.41) is 0. The van der Waals surface area contributed by atoms with E-state index >= 15 is 0 Å². The minimum absolute atomic E-state index is 0.179. The summed E-state index contributed by atoms with van der Waals surface area (Å²) in [5.41, 5.74) is 6.68. The van der Waals surface area contributed by atoms with Gasteiger partial charge in [-0.1, -0.05) is 24.3 Å². The summed E-state index contributed by atoms with van der Waals surface area (Å²) in [7, 11) is -2.65. The maximum atomic E-state index is 12.1. The Bertz CT molecular complexity index is 544. The smallest absolute Gasteiger partial charge is 0.326 e. The van der Waals surface area contributed by atoms with Gasteiger partial charge in [-0.25, -0.2) is 12.7 Å². The lowest BCUT2D eigenvalue weighted by Gasteiger charge is -2.19. The molecule has 0 heterocycles. The summed E-state index contributed by atoms with van der Waals surface area (Å²) in [6.45, 7) is -0.408. The topological polar surface area (TPSA) is 63.4 Å². The lowest BCUT2D eigenvalue weighted by molar-refractivity contribution is -0.135. The van der Waals surface area contributed by atoms with Gasteiger partial charge < -0.3 is 5.73 Å². The van der Waals surface area contributed by atoms with Crippen molar-refractivity contribution < 1.29 is 21.6 Å². The molecule has 20 heavy (non-hydrogen) atoms. The standard InChI is InChI=1S/C12H17F3N2O2S/c1-17(7-6-12(13,14)15)20(18,19)9-11-5-3-2-4-10(11)8-16/h2-5H,6-9,16H2,1H3. The third kappa shape index (κ3) is 5.10. The van der Waals surface area contributed by atoms with Gasteiger partial charge in [0.15, 0.2) is 0 Å². The second-order valence-corrected chi connectivity index (χ2v) is 6.49. The number of alkyl halides is 3. The van der Waals surface area contributed by atoms with Crippen LogP contribution in [0.2, 0.25) is 0 Å². The highest BCUT2D eigenvalue weighted by Gasteiger charge is 2.30. The predicted molar refractivity (Wildman–Crippen MR) is 70.3 cm³/mol. The van der Waals surface area contributed by atoms with Crippen molar-refractivity contribution in [2.75, 3.05) is 13.6 Å². The molecule has 0 bridgehead atoms. The van der Waals surface area contributed by atoms with Crippen LogP contribution in [0.3, 0.4) is 0 Å². The fraction of sp³-hybridized carbons (Fsp3) is 0.500.